The van der Waals surface area contributed by atoms with Crippen LogP contribution in [0.5, 0.6) is 0 Å². The van der Waals surface area contributed by atoms with Gasteiger partial charge in [-0.3, -0.25) is 9.59 Å². The van der Waals surface area contributed by atoms with Crippen molar-refractivity contribution in [2.45, 2.75) is 39.3 Å². The molecule has 0 spiro atoms. The number of para-hydroxylation sites is 1. The molecule has 1 unspecified atom stereocenters. The highest BCUT2D eigenvalue weighted by atomic mass is 16.5. The molecule has 0 radical (unpaired) electrons. The van der Waals surface area contributed by atoms with Crippen LogP contribution >= 0.6 is 0 Å². The summed E-state index contributed by atoms with van der Waals surface area (Å²) >= 11 is 0. The van der Waals surface area contributed by atoms with E-state index < -0.39 is 18.0 Å². The summed E-state index contributed by atoms with van der Waals surface area (Å²) in [6, 6.07) is 17.6. The Kier molecular flexibility index (Phi) is 7.34. The molecule has 8 nitrogen and oxygen atoms in total. The van der Waals surface area contributed by atoms with Gasteiger partial charge in [0, 0.05) is 24.2 Å². The second-order valence-electron chi connectivity index (χ2n) is 7.20. The molecule has 3 rings (SSSR count). The minimum atomic E-state index is -1.12. The number of benzene rings is 2. The molecule has 0 bridgehead atoms. The first-order chi connectivity index (χ1) is 15.5. The SMILES string of the molecule is CCCn1nc(C(=O)OC(C)C(=O)N(CCC#N)c2ccccc2)c2ccccc2c1=O. The van der Waals surface area contributed by atoms with Crippen molar-refractivity contribution in [2.75, 3.05) is 11.4 Å². The summed E-state index contributed by atoms with van der Waals surface area (Å²) in [5.74, 6) is -1.24. The van der Waals surface area contributed by atoms with Gasteiger partial charge in [0.2, 0.25) is 0 Å². The number of rotatable bonds is 8. The molecule has 32 heavy (non-hydrogen) atoms. The number of carbonyl (C=O) groups excluding carboxylic acids is 2. The zero-order valence-corrected chi connectivity index (χ0v) is 18.0. The molecular weight excluding hydrogens is 408 g/mol. The number of nitrogens with zero attached hydrogens (tertiary/aromatic N) is 4. The summed E-state index contributed by atoms with van der Waals surface area (Å²) in [4.78, 5) is 40.1. The fourth-order valence-electron chi connectivity index (χ4n) is 3.37. The average molecular weight is 432 g/mol. The summed E-state index contributed by atoms with van der Waals surface area (Å²) in [6.45, 7) is 3.91. The van der Waals surface area contributed by atoms with E-state index in [4.69, 9.17) is 10.00 Å². The van der Waals surface area contributed by atoms with Crippen molar-refractivity contribution in [1.29, 1.82) is 5.26 Å². The molecule has 164 valence electrons. The maximum Gasteiger partial charge on any atom is 0.360 e. The number of esters is 1. The van der Waals surface area contributed by atoms with Crippen LogP contribution in [-0.2, 0) is 16.1 Å². The molecule has 3 aromatic rings. The monoisotopic (exact) mass is 432 g/mol. The Labute approximate surface area is 185 Å². The largest absolute Gasteiger partial charge is 0.448 e. The van der Waals surface area contributed by atoms with E-state index in [-0.39, 0.29) is 24.2 Å². The van der Waals surface area contributed by atoms with Crippen LogP contribution in [0, 0.1) is 11.3 Å². The Hall–Kier alpha value is -3.99. The van der Waals surface area contributed by atoms with E-state index in [1.54, 1.807) is 48.5 Å². The number of carbonyl (C=O) groups is 2. The minimum absolute atomic E-state index is 0.0171. The normalized spacial score (nSPS) is 11.5. The van der Waals surface area contributed by atoms with Crippen LogP contribution < -0.4 is 10.5 Å². The van der Waals surface area contributed by atoms with Crippen LogP contribution in [0.3, 0.4) is 0 Å². The molecule has 1 atom stereocenters. The smallest absolute Gasteiger partial charge is 0.360 e. The van der Waals surface area contributed by atoms with Gasteiger partial charge in [-0.2, -0.15) is 10.4 Å². The third-order valence-corrected chi connectivity index (χ3v) is 4.91. The van der Waals surface area contributed by atoms with Crippen molar-refractivity contribution in [3.8, 4) is 6.07 Å². The van der Waals surface area contributed by atoms with E-state index in [1.807, 2.05) is 19.1 Å². The van der Waals surface area contributed by atoms with Gasteiger partial charge in [-0.15, -0.1) is 0 Å². The topological polar surface area (TPSA) is 105 Å². The number of nitriles is 1. The number of ether oxygens (including phenoxy) is 1. The highest BCUT2D eigenvalue weighted by Gasteiger charge is 2.27. The Bertz CT molecular complexity index is 1210. The lowest BCUT2D eigenvalue weighted by Crippen LogP contribution is -2.41. The fraction of sp³-hybridized carbons (Fsp3) is 0.292. The first kappa shape index (κ1) is 22.7. The predicted octanol–water partition coefficient (Wildman–Crippen LogP) is 3.30. The molecule has 2 aromatic carbocycles. The number of aromatic nitrogens is 2. The molecule has 1 heterocycles. The highest BCUT2D eigenvalue weighted by molar-refractivity contribution is 6.04. The number of anilines is 1. The molecule has 0 saturated heterocycles. The molecule has 0 aliphatic carbocycles. The summed E-state index contributed by atoms with van der Waals surface area (Å²) in [7, 11) is 0. The number of aryl methyl sites for hydroxylation is 1. The first-order valence-electron chi connectivity index (χ1n) is 10.4. The van der Waals surface area contributed by atoms with E-state index in [9.17, 15) is 14.4 Å². The van der Waals surface area contributed by atoms with Crippen LogP contribution in [-0.4, -0.2) is 34.3 Å². The predicted molar refractivity (Wildman–Crippen MR) is 120 cm³/mol. The molecule has 0 saturated carbocycles. The van der Waals surface area contributed by atoms with Gasteiger partial charge in [-0.05, 0) is 31.5 Å². The maximum absolute atomic E-state index is 13.1. The van der Waals surface area contributed by atoms with Gasteiger partial charge in [0.25, 0.3) is 11.5 Å². The van der Waals surface area contributed by atoms with E-state index in [1.165, 1.54) is 16.5 Å². The van der Waals surface area contributed by atoms with E-state index in [2.05, 4.69) is 5.10 Å². The number of hydrogen-bond acceptors (Lipinski definition) is 6. The number of hydrogen-bond donors (Lipinski definition) is 0. The third kappa shape index (κ3) is 4.83. The van der Waals surface area contributed by atoms with Gasteiger partial charge in [-0.1, -0.05) is 43.3 Å². The quantitative estimate of drug-likeness (QED) is 0.506. The van der Waals surface area contributed by atoms with Crippen molar-refractivity contribution in [2.24, 2.45) is 0 Å². The lowest BCUT2D eigenvalue weighted by Gasteiger charge is -2.25. The lowest BCUT2D eigenvalue weighted by molar-refractivity contribution is -0.126. The standard InChI is InChI=1S/C24H24N4O4/c1-3-15-28-23(30)20-13-8-7-12-19(20)21(26-28)24(31)32-17(2)22(29)27(16-9-14-25)18-10-5-4-6-11-18/h4-8,10-13,17H,3,9,15-16H2,1-2H3. The van der Waals surface area contributed by atoms with E-state index >= 15 is 0 Å². The van der Waals surface area contributed by atoms with Gasteiger partial charge >= 0.3 is 5.97 Å². The Morgan fingerprint density at radius 2 is 1.78 bits per heavy atom. The zero-order chi connectivity index (χ0) is 23.1. The molecular formula is C24H24N4O4. The van der Waals surface area contributed by atoms with Crippen molar-refractivity contribution in [3.05, 3.63) is 70.6 Å². The second-order valence-corrected chi connectivity index (χ2v) is 7.20. The van der Waals surface area contributed by atoms with Gasteiger partial charge < -0.3 is 9.64 Å². The molecule has 8 heteroatoms. The van der Waals surface area contributed by atoms with Crippen molar-refractivity contribution >= 4 is 28.3 Å². The van der Waals surface area contributed by atoms with Gasteiger partial charge in [-0.25, -0.2) is 9.48 Å². The van der Waals surface area contributed by atoms with Crippen LogP contribution in [0.1, 0.15) is 37.2 Å². The minimum Gasteiger partial charge on any atom is -0.448 e. The van der Waals surface area contributed by atoms with Crippen LogP contribution in [0.4, 0.5) is 5.69 Å². The van der Waals surface area contributed by atoms with Gasteiger partial charge in [0.1, 0.15) is 0 Å². The summed E-state index contributed by atoms with van der Waals surface area (Å²) < 4.78 is 6.72. The molecule has 0 aliphatic rings. The fourth-order valence-corrected chi connectivity index (χ4v) is 3.37. The first-order valence-corrected chi connectivity index (χ1v) is 10.4. The average Bonchev–Trinajstić information content (AvgIpc) is 2.81. The van der Waals surface area contributed by atoms with Gasteiger partial charge in [0.05, 0.1) is 17.9 Å². The summed E-state index contributed by atoms with van der Waals surface area (Å²) in [5, 5.41) is 13.9. The molecule has 0 aliphatic heterocycles. The Balaban J connectivity index is 1.90. The van der Waals surface area contributed by atoms with E-state index in [0.29, 0.717) is 29.4 Å². The summed E-state index contributed by atoms with van der Waals surface area (Å²) in [5.41, 5.74) is 0.308. The Morgan fingerprint density at radius 1 is 1.12 bits per heavy atom. The third-order valence-electron chi connectivity index (χ3n) is 4.91. The Morgan fingerprint density at radius 3 is 2.44 bits per heavy atom. The van der Waals surface area contributed by atoms with Crippen molar-refractivity contribution in [1.82, 2.24) is 9.78 Å². The molecule has 0 fully saturated rings. The van der Waals surface area contributed by atoms with E-state index in [0.717, 1.165) is 0 Å². The molecule has 0 N–H and O–H groups in total. The zero-order valence-electron chi connectivity index (χ0n) is 18.0. The second kappa shape index (κ2) is 10.4. The summed E-state index contributed by atoms with van der Waals surface area (Å²) in [6.07, 6.45) is -0.316. The van der Waals surface area contributed by atoms with Crippen LogP contribution in [0.2, 0.25) is 0 Å². The maximum atomic E-state index is 13.1. The molecule has 1 aromatic heterocycles. The van der Waals surface area contributed by atoms with Crippen molar-refractivity contribution in [3.63, 3.8) is 0 Å². The van der Waals surface area contributed by atoms with Crippen LogP contribution in [0.15, 0.2) is 59.4 Å². The molecule has 1 amide bonds. The lowest BCUT2D eigenvalue weighted by atomic mass is 10.1. The number of fused-ring (bicyclic) bond motifs is 1. The van der Waals surface area contributed by atoms with Gasteiger partial charge in [0.15, 0.2) is 11.8 Å². The van der Waals surface area contributed by atoms with Crippen LogP contribution in [0.25, 0.3) is 10.8 Å². The number of amides is 1. The highest BCUT2D eigenvalue weighted by Crippen LogP contribution is 2.18. The van der Waals surface area contributed by atoms with Crippen molar-refractivity contribution < 1.29 is 14.3 Å².